The van der Waals surface area contributed by atoms with Crippen molar-refractivity contribution in [3.8, 4) is 17.2 Å². The van der Waals surface area contributed by atoms with Crippen LogP contribution in [0, 0.1) is 11.3 Å². The molecule has 24 heavy (non-hydrogen) atoms. The second-order valence-corrected chi connectivity index (χ2v) is 7.30. The van der Waals surface area contributed by atoms with E-state index in [-0.39, 0.29) is 0 Å². The van der Waals surface area contributed by atoms with Gasteiger partial charge in [0.05, 0.1) is 17.2 Å². The summed E-state index contributed by atoms with van der Waals surface area (Å²) in [5.41, 5.74) is 3.29. The highest BCUT2D eigenvalue weighted by atomic mass is 16.3. The topological polar surface area (TPSA) is 56.0 Å². The van der Waals surface area contributed by atoms with Gasteiger partial charge >= 0.3 is 0 Å². The fourth-order valence-corrected chi connectivity index (χ4v) is 4.38. The number of nitrogens with zero attached hydrogens (tertiary/aromatic N) is 1. The third-order valence-corrected chi connectivity index (χ3v) is 5.43. The first-order valence-corrected chi connectivity index (χ1v) is 8.72. The van der Waals surface area contributed by atoms with Crippen LogP contribution in [-0.4, -0.2) is 22.8 Å². The van der Waals surface area contributed by atoms with Gasteiger partial charge in [-0.25, -0.2) is 0 Å². The Hall–Kier alpha value is -2.15. The van der Waals surface area contributed by atoms with Gasteiger partial charge in [0.2, 0.25) is 0 Å². The summed E-state index contributed by atoms with van der Waals surface area (Å²) in [5.74, 6) is 0. The van der Waals surface area contributed by atoms with Gasteiger partial charge in [-0.05, 0) is 48.4 Å². The minimum atomic E-state index is -0.580. The van der Waals surface area contributed by atoms with Crippen molar-refractivity contribution in [1.82, 2.24) is 5.32 Å². The van der Waals surface area contributed by atoms with Crippen molar-refractivity contribution in [2.75, 3.05) is 0 Å². The normalized spacial score (nSPS) is 28.5. The Balaban J connectivity index is 1.53. The molecule has 0 radical (unpaired) electrons. The first-order chi connectivity index (χ1) is 11.6. The van der Waals surface area contributed by atoms with Gasteiger partial charge in [0.15, 0.2) is 0 Å². The average Bonchev–Trinajstić information content (AvgIpc) is 2.94. The molecule has 2 fully saturated rings. The van der Waals surface area contributed by atoms with E-state index in [2.05, 4.69) is 35.7 Å². The summed E-state index contributed by atoms with van der Waals surface area (Å²) in [6.45, 7) is 0. The Kier molecular flexibility index (Phi) is 3.88. The van der Waals surface area contributed by atoms with Gasteiger partial charge in [-0.3, -0.25) is 0 Å². The number of hydrogen-bond donors (Lipinski definition) is 2. The van der Waals surface area contributed by atoms with Gasteiger partial charge in [-0.1, -0.05) is 42.5 Å². The van der Waals surface area contributed by atoms with Crippen LogP contribution in [0.5, 0.6) is 0 Å². The highest BCUT2D eigenvalue weighted by Crippen LogP contribution is 2.36. The van der Waals surface area contributed by atoms with Crippen LogP contribution in [0.25, 0.3) is 11.1 Å². The average molecular weight is 318 g/mol. The SMILES string of the molecule is N#Cc1ccccc1-c1ccc(CC2(O)CC3CCC(C2)N3)cc1. The van der Waals surface area contributed by atoms with E-state index in [0.717, 1.165) is 29.5 Å². The Labute approximate surface area is 142 Å². The van der Waals surface area contributed by atoms with Crippen LogP contribution in [0.3, 0.4) is 0 Å². The Bertz CT molecular complexity index is 763. The number of rotatable bonds is 3. The molecule has 2 bridgehead atoms. The summed E-state index contributed by atoms with van der Waals surface area (Å²) in [5, 5.41) is 23.8. The molecular weight excluding hydrogens is 296 g/mol. The van der Waals surface area contributed by atoms with Crippen LogP contribution in [0.15, 0.2) is 48.5 Å². The molecule has 2 aliphatic heterocycles. The van der Waals surface area contributed by atoms with Gasteiger partial charge in [0.25, 0.3) is 0 Å². The van der Waals surface area contributed by atoms with Crippen molar-refractivity contribution in [3.05, 3.63) is 59.7 Å². The Morgan fingerprint density at radius 3 is 2.38 bits per heavy atom. The zero-order valence-corrected chi connectivity index (χ0v) is 13.7. The maximum Gasteiger partial charge on any atom is 0.0998 e. The lowest BCUT2D eigenvalue weighted by Gasteiger charge is -2.37. The van der Waals surface area contributed by atoms with E-state index < -0.39 is 5.60 Å². The van der Waals surface area contributed by atoms with E-state index in [1.165, 1.54) is 12.8 Å². The minimum absolute atomic E-state index is 0.482. The molecule has 0 spiro atoms. The van der Waals surface area contributed by atoms with Gasteiger partial charge in [0.1, 0.15) is 0 Å². The highest BCUT2D eigenvalue weighted by Gasteiger charge is 2.42. The lowest BCUT2D eigenvalue weighted by Crippen LogP contribution is -2.49. The number of nitriles is 1. The molecule has 2 heterocycles. The van der Waals surface area contributed by atoms with Crippen LogP contribution >= 0.6 is 0 Å². The van der Waals surface area contributed by atoms with E-state index in [9.17, 15) is 10.4 Å². The molecule has 2 N–H and O–H groups in total. The second-order valence-electron chi connectivity index (χ2n) is 7.30. The number of benzene rings is 2. The summed E-state index contributed by atoms with van der Waals surface area (Å²) in [6.07, 6.45) is 4.79. The number of hydrogen-bond acceptors (Lipinski definition) is 3. The summed E-state index contributed by atoms with van der Waals surface area (Å²) in [6, 6.07) is 19.2. The van der Waals surface area contributed by atoms with Crippen LogP contribution in [0.2, 0.25) is 0 Å². The lowest BCUT2D eigenvalue weighted by atomic mass is 9.82. The van der Waals surface area contributed by atoms with Crippen molar-refractivity contribution in [2.45, 2.75) is 49.8 Å². The number of nitrogens with one attached hydrogen (secondary N) is 1. The van der Waals surface area contributed by atoms with Crippen LogP contribution in [-0.2, 0) is 6.42 Å². The van der Waals surface area contributed by atoms with E-state index in [1.54, 1.807) is 0 Å². The van der Waals surface area contributed by atoms with Crippen LogP contribution < -0.4 is 5.32 Å². The molecule has 4 rings (SSSR count). The molecule has 2 unspecified atom stereocenters. The summed E-state index contributed by atoms with van der Waals surface area (Å²) < 4.78 is 0. The molecule has 122 valence electrons. The third-order valence-electron chi connectivity index (χ3n) is 5.43. The number of fused-ring (bicyclic) bond motifs is 2. The molecule has 0 aliphatic carbocycles. The van der Waals surface area contributed by atoms with Gasteiger partial charge < -0.3 is 10.4 Å². The first-order valence-electron chi connectivity index (χ1n) is 8.72. The molecule has 2 aliphatic rings. The molecule has 3 nitrogen and oxygen atoms in total. The predicted molar refractivity (Wildman–Crippen MR) is 94.4 cm³/mol. The maximum atomic E-state index is 11.0. The molecule has 2 aromatic carbocycles. The van der Waals surface area contributed by atoms with Gasteiger partial charge in [0, 0.05) is 18.5 Å². The number of piperidine rings is 1. The van der Waals surface area contributed by atoms with Crippen LogP contribution in [0.4, 0.5) is 0 Å². The molecule has 2 saturated heterocycles. The monoisotopic (exact) mass is 318 g/mol. The summed E-state index contributed by atoms with van der Waals surface area (Å²) in [7, 11) is 0. The van der Waals surface area contributed by atoms with Crippen LogP contribution in [0.1, 0.15) is 36.8 Å². The van der Waals surface area contributed by atoms with Crippen molar-refractivity contribution in [1.29, 1.82) is 5.26 Å². The van der Waals surface area contributed by atoms with Crippen molar-refractivity contribution in [3.63, 3.8) is 0 Å². The third kappa shape index (κ3) is 2.96. The van der Waals surface area contributed by atoms with E-state index in [0.29, 0.717) is 24.1 Å². The molecule has 0 amide bonds. The molecule has 3 heteroatoms. The maximum absolute atomic E-state index is 11.0. The molecule has 0 aromatic heterocycles. The smallest absolute Gasteiger partial charge is 0.0998 e. The molecule has 2 atom stereocenters. The summed E-state index contributed by atoms with van der Waals surface area (Å²) >= 11 is 0. The van der Waals surface area contributed by atoms with Gasteiger partial charge in [-0.2, -0.15) is 5.26 Å². The largest absolute Gasteiger partial charge is 0.389 e. The molecule has 0 saturated carbocycles. The zero-order chi connectivity index (χ0) is 16.6. The minimum Gasteiger partial charge on any atom is -0.389 e. The second kappa shape index (κ2) is 6.05. The standard InChI is InChI=1S/C21H22N2O/c22-14-17-3-1-2-4-20(17)16-7-5-15(6-8-16)11-21(24)12-18-9-10-19(13-21)23-18/h1-8,18-19,23-24H,9-13H2. The predicted octanol–water partition coefficient (Wildman–Crippen LogP) is 3.41. The molecular formula is C21H22N2O. The highest BCUT2D eigenvalue weighted by molar-refractivity contribution is 5.70. The fraction of sp³-hybridized carbons (Fsp3) is 0.381. The lowest BCUT2D eigenvalue weighted by molar-refractivity contribution is -0.00608. The van der Waals surface area contributed by atoms with Crippen molar-refractivity contribution >= 4 is 0 Å². The quantitative estimate of drug-likeness (QED) is 0.912. The molecule has 2 aromatic rings. The fourth-order valence-electron chi connectivity index (χ4n) is 4.38. The zero-order valence-electron chi connectivity index (χ0n) is 13.7. The van der Waals surface area contributed by atoms with E-state index in [1.807, 2.05) is 24.3 Å². The first kappa shape index (κ1) is 15.4. The van der Waals surface area contributed by atoms with E-state index >= 15 is 0 Å². The Morgan fingerprint density at radius 1 is 1.04 bits per heavy atom. The van der Waals surface area contributed by atoms with Crippen molar-refractivity contribution in [2.24, 2.45) is 0 Å². The Morgan fingerprint density at radius 2 is 1.71 bits per heavy atom. The number of aliphatic hydroxyl groups is 1. The summed E-state index contributed by atoms with van der Waals surface area (Å²) in [4.78, 5) is 0. The van der Waals surface area contributed by atoms with Crippen molar-refractivity contribution < 1.29 is 5.11 Å². The van der Waals surface area contributed by atoms with E-state index in [4.69, 9.17) is 0 Å². The van der Waals surface area contributed by atoms with Gasteiger partial charge in [-0.15, -0.1) is 0 Å².